The summed E-state index contributed by atoms with van der Waals surface area (Å²) < 4.78 is 14.0. The summed E-state index contributed by atoms with van der Waals surface area (Å²) in [7, 11) is -1.88. The van der Waals surface area contributed by atoms with Gasteiger partial charge in [0, 0.05) is 16.0 Å². The number of hydrogen-bond acceptors (Lipinski definition) is 2. The molecule has 0 fully saturated rings. The van der Waals surface area contributed by atoms with E-state index in [1.54, 1.807) is 24.3 Å². The van der Waals surface area contributed by atoms with Gasteiger partial charge in [-0.05, 0) is 17.7 Å². The third-order valence-corrected chi connectivity index (χ3v) is 2.65. The zero-order valence-electron chi connectivity index (χ0n) is 8.77. The van der Waals surface area contributed by atoms with Gasteiger partial charge >= 0.3 is 7.12 Å². The van der Waals surface area contributed by atoms with Crippen LogP contribution in [0.5, 0.6) is 0 Å². The normalized spacial score (nSPS) is 10.4. The quantitative estimate of drug-likeness (QED) is 0.798. The SMILES string of the molecule is OB(O)c1cc(Cl)cc(-c2ccccc2)c1F. The van der Waals surface area contributed by atoms with E-state index < -0.39 is 12.9 Å². The molecule has 0 unspecified atom stereocenters. The van der Waals surface area contributed by atoms with Gasteiger partial charge in [0.2, 0.25) is 0 Å². The van der Waals surface area contributed by atoms with Crippen molar-refractivity contribution in [3.05, 3.63) is 53.3 Å². The average Bonchev–Trinajstić information content (AvgIpc) is 2.32. The van der Waals surface area contributed by atoms with E-state index in [9.17, 15) is 4.39 Å². The molecule has 0 saturated carbocycles. The Morgan fingerprint density at radius 2 is 1.71 bits per heavy atom. The Kier molecular flexibility index (Phi) is 3.47. The summed E-state index contributed by atoms with van der Waals surface area (Å²) in [6, 6.07) is 11.5. The molecule has 0 aliphatic rings. The second-order valence-corrected chi connectivity index (χ2v) is 4.03. The van der Waals surface area contributed by atoms with Crippen LogP contribution in [0.1, 0.15) is 0 Å². The van der Waals surface area contributed by atoms with Crippen LogP contribution < -0.4 is 5.46 Å². The van der Waals surface area contributed by atoms with Crippen molar-refractivity contribution in [3.63, 3.8) is 0 Å². The van der Waals surface area contributed by atoms with Crippen LogP contribution in [0, 0.1) is 5.82 Å². The van der Waals surface area contributed by atoms with Crippen molar-refractivity contribution in [2.24, 2.45) is 0 Å². The van der Waals surface area contributed by atoms with Gasteiger partial charge in [0.15, 0.2) is 0 Å². The van der Waals surface area contributed by atoms with Crippen molar-refractivity contribution in [3.8, 4) is 11.1 Å². The molecule has 0 spiro atoms. The minimum absolute atomic E-state index is 0.226. The highest BCUT2D eigenvalue weighted by atomic mass is 35.5. The highest BCUT2D eigenvalue weighted by Crippen LogP contribution is 2.24. The smallest absolute Gasteiger partial charge is 0.423 e. The molecule has 86 valence electrons. The molecule has 0 aliphatic heterocycles. The van der Waals surface area contributed by atoms with Gasteiger partial charge in [-0.25, -0.2) is 4.39 Å². The van der Waals surface area contributed by atoms with Crippen molar-refractivity contribution in [1.29, 1.82) is 0 Å². The lowest BCUT2D eigenvalue weighted by Gasteiger charge is -2.09. The topological polar surface area (TPSA) is 40.5 Å². The number of rotatable bonds is 2. The first-order chi connectivity index (χ1) is 8.09. The molecule has 5 heteroatoms. The first-order valence-electron chi connectivity index (χ1n) is 5.00. The van der Waals surface area contributed by atoms with Gasteiger partial charge in [-0.15, -0.1) is 0 Å². The second-order valence-electron chi connectivity index (χ2n) is 3.60. The maximum absolute atomic E-state index is 14.0. The fourth-order valence-electron chi connectivity index (χ4n) is 1.63. The van der Waals surface area contributed by atoms with Crippen molar-refractivity contribution in [2.75, 3.05) is 0 Å². The molecule has 2 nitrogen and oxygen atoms in total. The molecular weight excluding hydrogens is 241 g/mol. The van der Waals surface area contributed by atoms with E-state index in [1.165, 1.54) is 12.1 Å². The molecule has 0 aromatic heterocycles. The third-order valence-electron chi connectivity index (χ3n) is 2.43. The summed E-state index contributed by atoms with van der Waals surface area (Å²) in [5.41, 5.74) is 0.659. The van der Waals surface area contributed by atoms with Gasteiger partial charge < -0.3 is 10.0 Å². The summed E-state index contributed by atoms with van der Waals surface area (Å²) in [5.74, 6) is -0.671. The summed E-state index contributed by atoms with van der Waals surface area (Å²) in [4.78, 5) is 0. The molecule has 0 aliphatic carbocycles. The van der Waals surface area contributed by atoms with Crippen LogP contribution in [0.15, 0.2) is 42.5 Å². The van der Waals surface area contributed by atoms with Gasteiger partial charge in [-0.1, -0.05) is 41.9 Å². The van der Waals surface area contributed by atoms with E-state index in [4.69, 9.17) is 21.6 Å². The molecule has 0 amide bonds. The molecule has 0 bridgehead atoms. The minimum atomic E-state index is -1.88. The third kappa shape index (κ3) is 2.49. The number of benzene rings is 2. The number of hydrogen-bond donors (Lipinski definition) is 2. The molecule has 0 heterocycles. The first-order valence-corrected chi connectivity index (χ1v) is 5.38. The average molecular weight is 250 g/mol. The molecule has 0 atom stereocenters. The maximum Gasteiger partial charge on any atom is 0.491 e. The van der Waals surface area contributed by atoms with E-state index in [1.807, 2.05) is 6.07 Å². The first kappa shape index (κ1) is 12.1. The Hall–Kier alpha value is -1.36. The van der Waals surface area contributed by atoms with Crippen molar-refractivity contribution >= 4 is 24.2 Å². The monoisotopic (exact) mass is 250 g/mol. The Morgan fingerprint density at radius 1 is 1.06 bits per heavy atom. The van der Waals surface area contributed by atoms with Crippen LogP contribution in [0.4, 0.5) is 4.39 Å². The maximum atomic E-state index is 14.0. The van der Waals surface area contributed by atoms with E-state index in [0.29, 0.717) is 5.56 Å². The van der Waals surface area contributed by atoms with Crippen LogP contribution in [0.3, 0.4) is 0 Å². The molecule has 2 rings (SSSR count). The van der Waals surface area contributed by atoms with Gasteiger partial charge in [0.05, 0.1) is 0 Å². The number of halogens is 2. The summed E-state index contributed by atoms with van der Waals surface area (Å²) in [6.45, 7) is 0. The van der Waals surface area contributed by atoms with Gasteiger partial charge in [-0.3, -0.25) is 0 Å². The van der Waals surface area contributed by atoms with Crippen molar-refractivity contribution in [1.82, 2.24) is 0 Å². The molecule has 2 N–H and O–H groups in total. The van der Waals surface area contributed by atoms with Crippen LogP contribution in [-0.2, 0) is 0 Å². The zero-order chi connectivity index (χ0) is 12.4. The van der Waals surface area contributed by atoms with Gasteiger partial charge in [0.1, 0.15) is 5.82 Å². The Labute approximate surface area is 103 Å². The lowest BCUT2D eigenvalue weighted by molar-refractivity contribution is 0.423. The summed E-state index contributed by atoms with van der Waals surface area (Å²) >= 11 is 5.83. The predicted molar refractivity (Wildman–Crippen MR) is 66.7 cm³/mol. The molecule has 0 saturated heterocycles. The van der Waals surface area contributed by atoms with E-state index >= 15 is 0 Å². The van der Waals surface area contributed by atoms with Gasteiger partial charge in [0.25, 0.3) is 0 Å². The molecule has 2 aromatic carbocycles. The summed E-state index contributed by atoms with van der Waals surface area (Å²) in [6.07, 6.45) is 0. The molecule has 2 aromatic rings. The Bertz CT molecular complexity index is 532. The van der Waals surface area contributed by atoms with Crippen LogP contribution >= 0.6 is 11.6 Å². The minimum Gasteiger partial charge on any atom is -0.423 e. The highest BCUT2D eigenvalue weighted by Gasteiger charge is 2.20. The predicted octanol–water partition coefficient (Wildman–Crippen LogP) is 1.83. The van der Waals surface area contributed by atoms with Crippen molar-refractivity contribution in [2.45, 2.75) is 0 Å². The fraction of sp³-hybridized carbons (Fsp3) is 0. The lowest BCUT2D eigenvalue weighted by atomic mass is 9.78. The largest absolute Gasteiger partial charge is 0.491 e. The standard InChI is InChI=1S/C12H9BClFO2/c14-9-6-10(8-4-2-1-3-5-8)12(15)11(7-9)13(16)17/h1-7,16-17H. The molecule has 0 radical (unpaired) electrons. The molecular formula is C12H9BClFO2. The molecule has 17 heavy (non-hydrogen) atoms. The second kappa shape index (κ2) is 4.88. The summed E-state index contributed by atoms with van der Waals surface area (Å²) in [5, 5.41) is 18.4. The van der Waals surface area contributed by atoms with Crippen LogP contribution in [-0.4, -0.2) is 17.2 Å². The zero-order valence-corrected chi connectivity index (χ0v) is 9.53. The van der Waals surface area contributed by atoms with E-state index in [-0.39, 0.29) is 16.0 Å². The highest BCUT2D eigenvalue weighted by molar-refractivity contribution is 6.59. The Balaban J connectivity index is 2.63. The van der Waals surface area contributed by atoms with Gasteiger partial charge in [-0.2, -0.15) is 0 Å². The Morgan fingerprint density at radius 3 is 2.29 bits per heavy atom. The van der Waals surface area contributed by atoms with E-state index in [2.05, 4.69) is 0 Å². The lowest BCUT2D eigenvalue weighted by Crippen LogP contribution is -2.33. The van der Waals surface area contributed by atoms with Crippen molar-refractivity contribution < 1.29 is 14.4 Å². The van der Waals surface area contributed by atoms with Crippen LogP contribution in [0.25, 0.3) is 11.1 Å². The van der Waals surface area contributed by atoms with Crippen LogP contribution in [0.2, 0.25) is 5.02 Å². The van der Waals surface area contributed by atoms with E-state index in [0.717, 1.165) is 0 Å². The fourth-order valence-corrected chi connectivity index (χ4v) is 1.85.